The maximum Gasteiger partial charge on any atom is 0.270 e. The molecular weight excluding hydrogens is 330 g/mol. The predicted molar refractivity (Wildman–Crippen MR) is 92.2 cm³/mol. The third-order valence-corrected chi connectivity index (χ3v) is 3.82. The van der Waals surface area contributed by atoms with E-state index in [2.05, 4.69) is 19.4 Å². The summed E-state index contributed by atoms with van der Waals surface area (Å²) < 4.78 is 0. The maximum atomic E-state index is 12.3. The summed E-state index contributed by atoms with van der Waals surface area (Å²) in [5.41, 5.74) is 2.27. The van der Waals surface area contributed by atoms with Gasteiger partial charge < -0.3 is 10.2 Å². The van der Waals surface area contributed by atoms with Gasteiger partial charge in [0.25, 0.3) is 11.6 Å². The Morgan fingerprint density at radius 2 is 1.88 bits per heavy atom. The molecule has 2 aromatic rings. The number of benzene rings is 2. The fourth-order valence-corrected chi connectivity index (χ4v) is 2.62. The van der Waals surface area contributed by atoms with Crippen molar-refractivity contribution in [1.82, 2.24) is 5.32 Å². The van der Waals surface area contributed by atoms with E-state index in [9.17, 15) is 14.9 Å². The van der Waals surface area contributed by atoms with Gasteiger partial charge in [-0.3, -0.25) is 14.9 Å². The molecule has 0 saturated heterocycles. The molecule has 1 amide bonds. The molecule has 7 heteroatoms. The first kappa shape index (κ1) is 17.9. The Morgan fingerprint density at radius 3 is 2.46 bits per heavy atom. The normalized spacial score (nSPS) is 10.7. The number of carbonyl (C=O) groups excluding carboxylic acids is 1. The summed E-state index contributed by atoms with van der Waals surface area (Å²) in [7, 11) is 4.12. The quantitative estimate of drug-likeness (QED) is 0.617. The first-order valence-corrected chi connectivity index (χ1v) is 7.84. The molecule has 126 valence electrons. The van der Waals surface area contributed by atoms with E-state index in [0.29, 0.717) is 6.54 Å². The third kappa shape index (κ3) is 4.53. The Hall–Kier alpha value is -2.44. The minimum Gasteiger partial charge on any atom is -0.348 e. The number of hydrogen-bond acceptors (Lipinski definition) is 3. The Bertz CT molecular complexity index is 762. The molecule has 0 radical (unpaired) electrons. The summed E-state index contributed by atoms with van der Waals surface area (Å²) in [4.78, 5) is 23.7. The smallest absolute Gasteiger partial charge is 0.270 e. The van der Waals surface area contributed by atoms with Gasteiger partial charge in [0.15, 0.2) is 0 Å². The molecule has 2 N–H and O–H groups in total. The zero-order chi connectivity index (χ0) is 17.7. The number of nitro benzene ring substituents is 1. The fraction of sp³-hybridized carbons (Fsp3) is 0.235. The molecule has 0 saturated carbocycles. The van der Waals surface area contributed by atoms with Crippen LogP contribution in [0.5, 0.6) is 0 Å². The van der Waals surface area contributed by atoms with E-state index in [1.54, 1.807) is 0 Å². The zero-order valence-corrected chi connectivity index (χ0v) is 14.3. The van der Waals surface area contributed by atoms with Gasteiger partial charge in [-0.2, -0.15) is 0 Å². The van der Waals surface area contributed by atoms with Gasteiger partial charge in [-0.15, -0.1) is 0 Å². The largest absolute Gasteiger partial charge is 0.348 e. The van der Waals surface area contributed by atoms with Crippen molar-refractivity contribution >= 4 is 23.2 Å². The van der Waals surface area contributed by atoms with E-state index in [-0.39, 0.29) is 22.2 Å². The number of nitrogens with one attached hydrogen (secondary N) is 2. The highest BCUT2D eigenvalue weighted by atomic mass is 35.5. The van der Waals surface area contributed by atoms with Crippen LogP contribution in [0, 0.1) is 10.1 Å². The fourth-order valence-electron chi connectivity index (χ4n) is 2.36. The van der Waals surface area contributed by atoms with E-state index in [1.807, 2.05) is 24.3 Å². The summed E-state index contributed by atoms with van der Waals surface area (Å²) in [5, 5.41) is 13.6. The van der Waals surface area contributed by atoms with Gasteiger partial charge in [-0.25, -0.2) is 0 Å². The number of hydrogen-bond donors (Lipinski definition) is 2. The number of rotatable bonds is 6. The van der Waals surface area contributed by atoms with Gasteiger partial charge in [0.05, 0.1) is 29.6 Å². The second kappa shape index (κ2) is 7.90. The van der Waals surface area contributed by atoms with E-state index in [4.69, 9.17) is 11.6 Å². The highest BCUT2D eigenvalue weighted by Gasteiger charge is 2.15. The highest BCUT2D eigenvalue weighted by molar-refractivity contribution is 6.34. The molecule has 2 aromatic carbocycles. The Morgan fingerprint density at radius 1 is 1.21 bits per heavy atom. The van der Waals surface area contributed by atoms with Crippen molar-refractivity contribution in [1.29, 1.82) is 0 Å². The van der Waals surface area contributed by atoms with E-state index >= 15 is 0 Å². The lowest BCUT2D eigenvalue weighted by Crippen LogP contribution is -3.04. The van der Waals surface area contributed by atoms with E-state index in [0.717, 1.165) is 17.7 Å². The van der Waals surface area contributed by atoms with Crippen molar-refractivity contribution in [2.75, 3.05) is 14.1 Å². The van der Waals surface area contributed by atoms with Crippen LogP contribution in [-0.2, 0) is 13.1 Å². The van der Waals surface area contributed by atoms with Gasteiger partial charge in [-0.1, -0.05) is 35.9 Å². The first-order chi connectivity index (χ1) is 11.4. The summed E-state index contributed by atoms with van der Waals surface area (Å²) in [5.74, 6) is -0.359. The number of nitro groups is 1. The molecule has 0 heterocycles. The van der Waals surface area contributed by atoms with Crippen LogP contribution in [0.3, 0.4) is 0 Å². The topological polar surface area (TPSA) is 76.7 Å². The van der Waals surface area contributed by atoms with Gasteiger partial charge in [0, 0.05) is 24.2 Å². The highest BCUT2D eigenvalue weighted by Crippen LogP contribution is 2.22. The lowest BCUT2D eigenvalue weighted by molar-refractivity contribution is -0.872. The molecule has 0 aliphatic carbocycles. The molecule has 0 aliphatic rings. The lowest BCUT2D eigenvalue weighted by atomic mass is 10.1. The average Bonchev–Trinajstić information content (AvgIpc) is 2.53. The Balaban J connectivity index is 2.10. The molecule has 0 bridgehead atoms. The Kier molecular flexibility index (Phi) is 5.89. The van der Waals surface area contributed by atoms with E-state index in [1.165, 1.54) is 23.1 Å². The first-order valence-electron chi connectivity index (χ1n) is 7.46. The van der Waals surface area contributed by atoms with Crippen LogP contribution in [0.25, 0.3) is 0 Å². The minimum atomic E-state index is -0.548. The number of quaternary nitrogens is 1. The summed E-state index contributed by atoms with van der Waals surface area (Å²) in [6, 6.07) is 11.7. The SMILES string of the molecule is C[NH+](C)Cc1ccccc1CNC(=O)c1ccc([N+](=O)[O-])cc1Cl. The number of halogens is 1. The van der Waals surface area contributed by atoms with Crippen LogP contribution in [0.4, 0.5) is 5.69 Å². The standard InChI is InChI=1S/C17H18ClN3O3/c1-20(2)11-13-6-4-3-5-12(13)10-19-17(22)15-8-7-14(21(23)24)9-16(15)18/h3-9H,10-11H2,1-2H3,(H,19,22)/p+1. The number of nitrogens with zero attached hydrogens (tertiary/aromatic N) is 1. The molecule has 0 spiro atoms. The summed E-state index contributed by atoms with van der Waals surface area (Å²) in [6.45, 7) is 1.22. The zero-order valence-electron chi connectivity index (χ0n) is 13.5. The second-order valence-electron chi connectivity index (χ2n) is 5.76. The van der Waals surface area contributed by atoms with Crippen LogP contribution in [-0.4, -0.2) is 24.9 Å². The molecule has 0 aliphatic heterocycles. The third-order valence-electron chi connectivity index (χ3n) is 3.51. The van der Waals surface area contributed by atoms with Crippen molar-refractivity contribution in [2.45, 2.75) is 13.1 Å². The van der Waals surface area contributed by atoms with Gasteiger partial charge in [0.2, 0.25) is 0 Å². The average molecular weight is 349 g/mol. The molecular formula is C17H19ClN3O3+. The maximum absolute atomic E-state index is 12.3. The monoisotopic (exact) mass is 348 g/mol. The number of amides is 1. The molecule has 6 nitrogen and oxygen atoms in total. The summed E-state index contributed by atoms with van der Waals surface area (Å²) >= 11 is 5.98. The number of non-ortho nitro benzene ring substituents is 1. The van der Waals surface area contributed by atoms with Crippen LogP contribution in [0.15, 0.2) is 42.5 Å². The molecule has 24 heavy (non-hydrogen) atoms. The molecule has 0 atom stereocenters. The van der Waals surface area contributed by atoms with E-state index < -0.39 is 4.92 Å². The van der Waals surface area contributed by atoms with Crippen LogP contribution >= 0.6 is 11.6 Å². The molecule has 0 unspecified atom stereocenters. The summed E-state index contributed by atoms with van der Waals surface area (Å²) in [6.07, 6.45) is 0. The van der Waals surface area contributed by atoms with Crippen molar-refractivity contribution in [2.24, 2.45) is 0 Å². The molecule has 2 rings (SSSR count). The van der Waals surface area contributed by atoms with Crippen LogP contribution in [0.2, 0.25) is 5.02 Å². The van der Waals surface area contributed by atoms with Crippen LogP contribution in [0.1, 0.15) is 21.5 Å². The van der Waals surface area contributed by atoms with Gasteiger partial charge in [0.1, 0.15) is 6.54 Å². The van der Waals surface area contributed by atoms with Crippen LogP contribution < -0.4 is 10.2 Å². The Labute approximate surface area is 145 Å². The predicted octanol–water partition coefficient (Wildman–Crippen LogP) is 1.82. The molecule has 0 fully saturated rings. The minimum absolute atomic E-state index is 0.0627. The number of carbonyl (C=O) groups is 1. The van der Waals surface area contributed by atoms with Crippen molar-refractivity contribution < 1.29 is 14.6 Å². The van der Waals surface area contributed by atoms with Crippen molar-refractivity contribution in [3.8, 4) is 0 Å². The van der Waals surface area contributed by atoms with Crippen molar-refractivity contribution in [3.63, 3.8) is 0 Å². The van der Waals surface area contributed by atoms with Gasteiger partial charge in [-0.05, 0) is 11.6 Å². The second-order valence-corrected chi connectivity index (χ2v) is 6.16. The molecule has 0 aromatic heterocycles. The van der Waals surface area contributed by atoms with Gasteiger partial charge >= 0.3 is 0 Å². The van der Waals surface area contributed by atoms with Crippen molar-refractivity contribution in [3.05, 3.63) is 74.3 Å². The lowest BCUT2D eigenvalue weighted by Gasteiger charge is -2.13.